The predicted octanol–water partition coefficient (Wildman–Crippen LogP) is 4.55. The molecule has 0 aromatic heterocycles. The molecule has 202 valence electrons. The van der Waals surface area contributed by atoms with Crippen molar-refractivity contribution in [1.29, 1.82) is 0 Å². The Kier molecular flexibility index (Phi) is 9.38. The van der Waals surface area contributed by atoms with Crippen molar-refractivity contribution in [2.45, 2.75) is 71.0 Å². The van der Waals surface area contributed by atoms with E-state index in [0.29, 0.717) is 12.7 Å². The van der Waals surface area contributed by atoms with Crippen LogP contribution in [0.1, 0.15) is 61.2 Å². The first kappa shape index (κ1) is 31.1. The van der Waals surface area contributed by atoms with Gasteiger partial charge in [-0.2, -0.15) is 26.0 Å². The third-order valence-corrected chi connectivity index (χ3v) is 6.88. The smallest absolute Gasteiger partial charge is 0.432 e. The minimum Gasteiger partial charge on any atom is -0.507 e. The Morgan fingerprint density at radius 2 is 1.51 bits per heavy atom. The van der Waals surface area contributed by atoms with Crippen molar-refractivity contribution in [2.24, 2.45) is 5.41 Å². The van der Waals surface area contributed by atoms with Gasteiger partial charge in [-0.05, 0) is 38.8 Å². The summed E-state index contributed by atoms with van der Waals surface area (Å²) in [5.74, 6) is -6.22. The first-order valence-corrected chi connectivity index (χ1v) is 11.7. The number of esters is 1. The number of phenolic OH excluding ortho intramolecular Hbond substituents is 1. The molecule has 1 aromatic carbocycles. The molecule has 0 fully saturated rings. The van der Waals surface area contributed by atoms with E-state index in [1.54, 1.807) is 0 Å². The summed E-state index contributed by atoms with van der Waals surface area (Å²) in [6, 6.07) is 1.31. The van der Waals surface area contributed by atoms with Crippen LogP contribution in [0.5, 0.6) is 5.75 Å². The molecule has 0 aliphatic heterocycles. The fraction of sp³-hybridized carbons (Fsp3) is 0.682. The molecule has 1 rings (SSSR count). The van der Waals surface area contributed by atoms with E-state index in [9.17, 15) is 35.9 Å². The maximum atomic E-state index is 14.8. The van der Waals surface area contributed by atoms with Crippen LogP contribution in [-0.2, 0) is 41.7 Å². The molecule has 0 radical (unpaired) electrons. The van der Waals surface area contributed by atoms with Gasteiger partial charge in [-0.15, -0.1) is 0 Å². The van der Waals surface area contributed by atoms with E-state index >= 15 is 0 Å². The topological polar surface area (TPSA) is 108 Å². The maximum Gasteiger partial charge on any atom is 0.432 e. The Labute approximate surface area is 202 Å². The summed E-state index contributed by atoms with van der Waals surface area (Å²) in [6.07, 6.45) is -0.847. The maximum absolute atomic E-state index is 14.8. The van der Waals surface area contributed by atoms with E-state index in [1.165, 1.54) is 41.1 Å². The lowest BCUT2D eigenvalue weighted by Crippen LogP contribution is -2.57. The van der Waals surface area contributed by atoms with Crippen molar-refractivity contribution in [2.75, 3.05) is 21.3 Å². The summed E-state index contributed by atoms with van der Waals surface area (Å²) in [4.78, 5) is 13.0. The number of alkyl halides is 4. The van der Waals surface area contributed by atoms with Gasteiger partial charge in [-0.1, -0.05) is 13.8 Å². The highest BCUT2D eigenvalue weighted by molar-refractivity contribution is 7.87. The fourth-order valence-electron chi connectivity index (χ4n) is 3.86. The van der Waals surface area contributed by atoms with Gasteiger partial charge in [0.15, 0.2) is 0 Å². The number of halogens is 4. The lowest BCUT2D eigenvalue weighted by Gasteiger charge is -2.41. The minimum atomic E-state index is -5.93. The lowest BCUT2D eigenvalue weighted by molar-refractivity contribution is -0.232. The second-order valence-corrected chi connectivity index (χ2v) is 11.1. The molecule has 1 N–H and O–H groups in total. The zero-order valence-corrected chi connectivity index (χ0v) is 21.7. The van der Waals surface area contributed by atoms with Gasteiger partial charge in [0.25, 0.3) is 0 Å². The Balaban J connectivity index is 3.36. The molecule has 1 aromatic rings. The number of aromatic hydroxyl groups is 1. The molecule has 8 nitrogen and oxygen atoms in total. The van der Waals surface area contributed by atoms with E-state index in [4.69, 9.17) is 14.2 Å². The molecule has 0 aliphatic carbocycles. The number of hydrogen-bond acceptors (Lipinski definition) is 8. The van der Waals surface area contributed by atoms with Gasteiger partial charge in [-0.3, -0.25) is 4.18 Å². The van der Waals surface area contributed by atoms with Crippen LogP contribution in [0.3, 0.4) is 0 Å². The van der Waals surface area contributed by atoms with E-state index in [-0.39, 0.29) is 35.7 Å². The van der Waals surface area contributed by atoms with E-state index in [0.717, 1.165) is 13.8 Å². The number of ether oxygens (including phenoxy) is 3. The van der Waals surface area contributed by atoms with Crippen LogP contribution in [0.2, 0.25) is 0 Å². The minimum absolute atomic E-state index is 0.0215. The molecule has 0 saturated carbocycles. The van der Waals surface area contributed by atoms with Gasteiger partial charge < -0.3 is 19.3 Å². The van der Waals surface area contributed by atoms with Gasteiger partial charge >= 0.3 is 27.3 Å². The van der Waals surface area contributed by atoms with Crippen molar-refractivity contribution in [3.8, 4) is 5.75 Å². The Bertz CT molecular complexity index is 1040. The molecule has 0 saturated heterocycles. The third-order valence-electron chi connectivity index (χ3n) is 5.56. The van der Waals surface area contributed by atoms with Gasteiger partial charge in [0.1, 0.15) is 11.4 Å². The monoisotopic (exact) mass is 532 g/mol. The van der Waals surface area contributed by atoms with Crippen molar-refractivity contribution >= 4 is 16.1 Å². The summed E-state index contributed by atoms with van der Waals surface area (Å²) < 4.78 is 100. The zero-order chi connectivity index (χ0) is 27.6. The second kappa shape index (κ2) is 10.6. The number of hydrogen-bond donors (Lipinski definition) is 1. The highest BCUT2D eigenvalue weighted by Crippen LogP contribution is 2.53. The van der Waals surface area contributed by atoms with E-state index < -0.39 is 44.7 Å². The summed E-state index contributed by atoms with van der Waals surface area (Å²) in [5, 5.41) is 4.90. The molecular weight excluding hydrogens is 500 g/mol. The SMILES string of the molecule is COCc1cc(C(=O)OC(C)(C)CC(C)(C)C(F)(F)C(F)(F)S(=O)(=O)OC)c(C)c(COC)c1O. The largest absolute Gasteiger partial charge is 0.507 e. The van der Waals surface area contributed by atoms with Crippen molar-refractivity contribution in [1.82, 2.24) is 0 Å². The number of carbonyl (C=O) groups excluding carboxylic acids is 1. The van der Waals surface area contributed by atoms with Crippen LogP contribution >= 0.6 is 0 Å². The van der Waals surface area contributed by atoms with Gasteiger partial charge in [0.05, 0.1) is 25.9 Å². The van der Waals surface area contributed by atoms with Crippen LogP contribution in [0, 0.1) is 12.3 Å². The van der Waals surface area contributed by atoms with Crippen LogP contribution < -0.4 is 0 Å². The Morgan fingerprint density at radius 1 is 1.00 bits per heavy atom. The molecule has 0 aliphatic rings. The molecule has 0 bridgehead atoms. The quantitative estimate of drug-likeness (QED) is 0.237. The van der Waals surface area contributed by atoms with Gasteiger partial charge in [0.2, 0.25) is 0 Å². The van der Waals surface area contributed by atoms with Gasteiger partial charge in [-0.25, -0.2) is 4.79 Å². The highest BCUT2D eigenvalue weighted by atomic mass is 32.2. The molecule has 0 heterocycles. The highest BCUT2D eigenvalue weighted by Gasteiger charge is 2.72. The van der Waals surface area contributed by atoms with Crippen LogP contribution in [0.15, 0.2) is 6.07 Å². The number of rotatable bonds is 12. The third kappa shape index (κ3) is 6.07. The van der Waals surface area contributed by atoms with E-state index in [1.807, 2.05) is 0 Å². The zero-order valence-electron chi connectivity index (χ0n) is 20.9. The number of carbonyl (C=O) groups is 1. The second-order valence-electron chi connectivity index (χ2n) is 9.32. The summed E-state index contributed by atoms with van der Waals surface area (Å²) in [7, 11) is -2.82. The molecule has 0 spiro atoms. The number of phenols is 1. The average Bonchev–Trinajstić information content (AvgIpc) is 2.71. The molecule has 0 atom stereocenters. The molecule has 0 amide bonds. The first-order chi connectivity index (χ1) is 15.7. The lowest BCUT2D eigenvalue weighted by atomic mass is 9.76. The van der Waals surface area contributed by atoms with Crippen molar-refractivity contribution < 1.29 is 54.3 Å². The average molecular weight is 533 g/mol. The number of methoxy groups -OCH3 is 2. The summed E-state index contributed by atoms with van der Waals surface area (Å²) >= 11 is 0. The Morgan fingerprint density at radius 3 is 1.97 bits per heavy atom. The first-order valence-electron chi connectivity index (χ1n) is 10.3. The molecule has 0 unspecified atom stereocenters. The molecule has 35 heavy (non-hydrogen) atoms. The summed E-state index contributed by atoms with van der Waals surface area (Å²) in [5.41, 5.74) is -3.61. The van der Waals surface area contributed by atoms with Crippen LogP contribution in [-0.4, -0.2) is 57.6 Å². The predicted molar refractivity (Wildman–Crippen MR) is 118 cm³/mol. The molecular formula is C22H32F4O8S. The normalized spacial score (nSPS) is 13.7. The molecule has 13 heteroatoms. The Hall–Kier alpha value is -1.96. The van der Waals surface area contributed by atoms with E-state index in [2.05, 4.69) is 4.18 Å². The van der Waals surface area contributed by atoms with Crippen LogP contribution in [0.25, 0.3) is 0 Å². The fourth-order valence-corrected chi connectivity index (χ4v) is 4.66. The standard InChI is InChI=1S/C22H32F4O8S/c1-13-15(9-14(10-31-6)17(27)16(13)11-32-7)18(28)34-20(4,5)12-19(2,3)21(23,24)22(25,26)35(29,30)33-8/h9,27H,10-12H2,1-8H3. The van der Waals surface area contributed by atoms with Crippen molar-refractivity contribution in [3.63, 3.8) is 0 Å². The van der Waals surface area contributed by atoms with Gasteiger partial charge in [0, 0.05) is 30.8 Å². The van der Waals surface area contributed by atoms with Crippen molar-refractivity contribution in [3.05, 3.63) is 28.3 Å². The number of benzene rings is 1. The van der Waals surface area contributed by atoms with Crippen LogP contribution in [0.4, 0.5) is 17.6 Å². The summed E-state index contributed by atoms with van der Waals surface area (Å²) in [6.45, 7) is 5.33.